The second-order valence-electron chi connectivity index (χ2n) is 5.52. The quantitative estimate of drug-likeness (QED) is 0.824. The van der Waals surface area contributed by atoms with Crippen molar-refractivity contribution in [3.8, 4) is 0 Å². The van der Waals surface area contributed by atoms with Crippen LogP contribution >= 0.6 is 11.3 Å². The normalized spacial score (nSPS) is 32.5. The Morgan fingerprint density at radius 3 is 2.74 bits per heavy atom. The highest BCUT2D eigenvalue weighted by atomic mass is 32.1. The minimum absolute atomic E-state index is 0.0222. The molecule has 3 N–H and O–H groups in total. The predicted molar refractivity (Wildman–Crippen MR) is 73.0 cm³/mol. The van der Waals surface area contributed by atoms with E-state index in [4.69, 9.17) is 5.73 Å². The highest BCUT2D eigenvalue weighted by Gasteiger charge is 2.49. The molecule has 2 bridgehead atoms. The minimum Gasteiger partial charge on any atom is -0.327 e. The number of ketones is 1. The van der Waals surface area contributed by atoms with E-state index in [1.807, 2.05) is 0 Å². The summed E-state index contributed by atoms with van der Waals surface area (Å²) in [5.41, 5.74) is 6.54. The topological polar surface area (TPSA) is 85.1 Å². The van der Waals surface area contributed by atoms with E-state index in [0.717, 1.165) is 19.3 Å². The Hall–Kier alpha value is -1.27. The Bertz CT molecular complexity index is 526. The van der Waals surface area contributed by atoms with Crippen LogP contribution in [0.5, 0.6) is 0 Å². The van der Waals surface area contributed by atoms with Gasteiger partial charge in [0.15, 0.2) is 10.9 Å². The van der Waals surface area contributed by atoms with Crippen molar-refractivity contribution in [1.82, 2.24) is 4.98 Å². The molecule has 0 saturated heterocycles. The zero-order valence-corrected chi connectivity index (χ0v) is 11.6. The van der Waals surface area contributed by atoms with Gasteiger partial charge in [0.2, 0.25) is 5.91 Å². The van der Waals surface area contributed by atoms with Crippen molar-refractivity contribution < 1.29 is 9.59 Å². The third kappa shape index (κ3) is 2.19. The molecule has 2 saturated carbocycles. The molecule has 1 heterocycles. The van der Waals surface area contributed by atoms with E-state index >= 15 is 0 Å². The van der Waals surface area contributed by atoms with E-state index in [2.05, 4.69) is 10.3 Å². The summed E-state index contributed by atoms with van der Waals surface area (Å²) in [6.07, 6.45) is 3.34. The summed E-state index contributed by atoms with van der Waals surface area (Å²) in [5.74, 6) is 0.706. The summed E-state index contributed by atoms with van der Waals surface area (Å²) in [6.45, 7) is 1.46. The third-order valence-electron chi connectivity index (χ3n) is 4.38. The Labute approximate surface area is 115 Å². The summed E-state index contributed by atoms with van der Waals surface area (Å²) in [6, 6.07) is -0.0222. The lowest BCUT2D eigenvalue weighted by molar-refractivity contribution is -0.121. The van der Waals surface area contributed by atoms with Gasteiger partial charge < -0.3 is 11.1 Å². The summed E-state index contributed by atoms with van der Waals surface area (Å²) in [4.78, 5) is 27.6. The molecule has 1 aromatic heterocycles. The van der Waals surface area contributed by atoms with Gasteiger partial charge in [-0.15, -0.1) is 11.3 Å². The number of aromatic nitrogens is 1. The SMILES string of the molecule is CC(=O)c1csc(NC(=O)C2C3CCC(C3)C2N)n1. The number of rotatable bonds is 3. The molecule has 5 nitrogen and oxygen atoms in total. The van der Waals surface area contributed by atoms with Gasteiger partial charge in [-0.05, 0) is 31.1 Å². The first kappa shape index (κ1) is 12.7. The molecule has 0 spiro atoms. The number of nitrogens with two attached hydrogens (primary N) is 1. The molecule has 0 radical (unpaired) electrons. The molecule has 2 aliphatic carbocycles. The lowest BCUT2D eigenvalue weighted by Crippen LogP contribution is -2.42. The molecule has 0 aliphatic heterocycles. The van der Waals surface area contributed by atoms with Gasteiger partial charge in [-0.2, -0.15) is 0 Å². The van der Waals surface area contributed by atoms with E-state index in [1.54, 1.807) is 5.38 Å². The smallest absolute Gasteiger partial charge is 0.231 e. The summed E-state index contributed by atoms with van der Waals surface area (Å²) in [5, 5.41) is 4.97. The summed E-state index contributed by atoms with van der Waals surface area (Å²) in [7, 11) is 0. The molecular weight excluding hydrogens is 262 g/mol. The molecule has 3 rings (SSSR count). The van der Waals surface area contributed by atoms with Crippen LogP contribution in [0.15, 0.2) is 5.38 Å². The van der Waals surface area contributed by atoms with Crippen LogP contribution in [0.3, 0.4) is 0 Å². The van der Waals surface area contributed by atoms with Gasteiger partial charge in [-0.1, -0.05) is 0 Å². The molecule has 4 unspecified atom stereocenters. The molecule has 2 fully saturated rings. The number of Topliss-reactive ketones (excluding diaryl/α,β-unsaturated/α-hetero) is 1. The van der Waals surface area contributed by atoms with Gasteiger partial charge in [-0.25, -0.2) is 4.98 Å². The maximum atomic E-state index is 12.3. The maximum absolute atomic E-state index is 12.3. The standard InChI is InChI=1S/C13H17N3O2S/c1-6(17)9-5-19-13(15-9)16-12(18)10-7-2-3-8(4-7)11(10)14/h5,7-8,10-11H,2-4,14H2,1H3,(H,15,16,18). The Kier molecular flexibility index (Phi) is 3.14. The first-order chi connectivity index (χ1) is 9.06. The van der Waals surface area contributed by atoms with Gasteiger partial charge in [-0.3, -0.25) is 9.59 Å². The van der Waals surface area contributed by atoms with Crippen molar-refractivity contribution in [3.05, 3.63) is 11.1 Å². The molecule has 4 atom stereocenters. The molecule has 102 valence electrons. The molecule has 0 aromatic carbocycles. The van der Waals surface area contributed by atoms with E-state index in [0.29, 0.717) is 22.7 Å². The second kappa shape index (κ2) is 4.68. The fourth-order valence-electron chi connectivity index (χ4n) is 3.41. The van der Waals surface area contributed by atoms with Crippen molar-refractivity contribution in [3.63, 3.8) is 0 Å². The van der Waals surface area contributed by atoms with Crippen molar-refractivity contribution >= 4 is 28.2 Å². The summed E-state index contributed by atoms with van der Waals surface area (Å²) >= 11 is 1.28. The lowest BCUT2D eigenvalue weighted by Gasteiger charge is -2.26. The number of nitrogens with one attached hydrogen (secondary N) is 1. The Balaban J connectivity index is 1.69. The van der Waals surface area contributed by atoms with Gasteiger partial charge in [0, 0.05) is 18.3 Å². The van der Waals surface area contributed by atoms with E-state index in [1.165, 1.54) is 18.3 Å². The molecule has 1 aromatic rings. The number of carbonyl (C=O) groups is 2. The number of hydrogen-bond donors (Lipinski definition) is 2. The van der Waals surface area contributed by atoms with Crippen LogP contribution < -0.4 is 11.1 Å². The van der Waals surface area contributed by atoms with Crippen LogP contribution in [0.25, 0.3) is 0 Å². The number of amides is 1. The average Bonchev–Trinajstić information content (AvgIpc) is 3.02. The Morgan fingerprint density at radius 2 is 2.16 bits per heavy atom. The maximum Gasteiger partial charge on any atom is 0.231 e. The van der Waals surface area contributed by atoms with Crippen molar-refractivity contribution in [2.24, 2.45) is 23.5 Å². The van der Waals surface area contributed by atoms with Crippen molar-refractivity contribution in [2.45, 2.75) is 32.2 Å². The van der Waals surface area contributed by atoms with Crippen LogP contribution in [0.4, 0.5) is 5.13 Å². The largest absolute Gasteiger partial charge is 0.327 e. The van der Waals surface area contributed by atoms with Crippen LogP contribution in [0.1, 0.15) is 36.7 Å². The third-order valence-corrected chi connectivity index (χ3v) is 5.14. The lowest BCUT2D eigenvalue weighted by atomic mass is 9.84. The molecule has 1 amide bonds. The molecule has 6 heteroatoms. The van der Waals surface area contributed by atoms with Crippen LogP contribution in [-0.4, -0.2) is 22.7 Å². The zero-order chi connectivity index (χ0) is 13.6. The number of carbonyl (C=O) groups excluding carboxylic acids is 2. The van der Waals surface area contributed by atoms with E-state index in [9.17, 15) is 9.59 Å². The Morgan fingerprint density at radius 1 is 1.42 bits per heavy atom. The monoisotopic (exact) mass is 279 g/mol. The van der Waals surface area contributed by atoms with Crippen LogP contribution in [0, 0.1) is 17.8 Å². The van der Waals surface area contributed by atoms with Gasteiger partial charge >= 0.3 is 0 Å². The summed E-state index contributed by atoms with van der Waals surface area (Å²) < 4.78 is 0. The highest BCUT2D eigenvalue weighted by Crippen LogP contribution is 2.47. The molecule has 2 aliphatic rings. The fraction of sp³-hybridized carbons (Fsp3) is 0.615. The molecule has 19 heavy (non-hydrogen) atoms. The number of thiazole rings is 1. The molecular formula is C13H17N3O2S. The number of nitrogens with zero attached hydrogens (tertiary/aromatic N) is 1. The first-order valence-corrected chi connectivity index (χ1v) is 7.47. The van der Waals surface area contributed by atoms with Crippen molar-refractivity contribution in [2.75, 3.05) is 5.32 Å². The van der Waals surface area contributed by atoms with Crippen LogP contribution in [-0.2, 0) is 4.79 Å². The number of fused-ring (bicyclic) bond motifs is 2. The first-order valence-electron chi connectivity index (χ1n) is 6.59. The predicted octanol–water partition coefficient (Wildman–Crippen LogP) is 1.66. The van der Waals surface area contributed by atoms with Crippen LogP contribution in [0.2, 0.25) is 0 Å². The van der Waals surface area contributed by atoms with E-state index < -0.39 is 0 Å². The highest BCUT2D eigenvalue weighted by molar-refractivity contribution is 7.14. The zero-order valence-electron chi connectivity index (χ0n) is 10.8. The number of hydrogen-bond acceptors (Lipinski definition) is 5. The van der Waals surface area contributed by atoms with E-state index in [-0.39, 0.29) is 23.7 Å². The minimum atomic E-state index is -0.0940. The fourth-order valence-corrected chi connectivity index (χ4v) is 4.16. The number of anilines is 1. The van der Waals surface area contributed by atoms with Gasteiger partial charge in [0.1, 0.15) is 5.69 Å². The van der Waals surface area contributed by atoms with Gasteiger partial charge in [0.05, 0.1) is 5.92 Å². The van der Waals surface area contributed by atoms with Gasteiger partial charge in [0.25, 0.3) is 0 Å². The second-order valence-corrected chi connectivity index (χ2v) is 6.38. The average molecular weight is 279 g/mol. The van der Waals surface area contributed by atoms with Crippen molar-refractivity contribution in [1.29, 1.82) is 0 Å².